The van der Waals surface area contributed by atoms with Crippen LogP contribution in [-0.4, -0.2) is 5.67 Å². The summed E-state index contributed by atoms with van der Waals surface area (Å²) in [6.45, 7) is 11.7. The van der Waals surface area contributed by atoms with Crippen LogP contribution in [0.25, 0.3) is 0 Å². The minimum Gasteiger partial charge on any atom is -0.245 e. The van der Waals surface area contributed by atoms with Gasteiger partial charge in [0.25, 0.3) is 0 Å². The average molecular weight is 190 g/mol. The van der Waals surface area contributed by atoms with Crippen molar-refractivity contribution in [3.05, 3.63) is 0 Å². The van der Waals surface area contributed by atoms with Gasteiger partial charge in [0.15, 0.2) is 0 Å². The van der Waals surface area contributed by atoms with Crippen molar-refractivity contribution in [3.8, 4) is 0 Å². The Labute approximate surface area is 83.9 Å². The van der Waals surface area contributed by atoms with E-state index in [-0.39, 0.29) is 0 Å². The molecule has 1 unspecified atom stereocenters. The highest BCUT2D eigenvalue weighted by Gasteiger charge is 2.16. The summed E-state index contributed by atoms with van der Waals surface area (Å²) in [5, 5.41) is 0. The van der Waals surface area contributed by atoms with E-state index in [2.05, 4.69) is 13.8 Å². The molecule has 0 rings (SSSR count). The number of hydrogen-bond acceptors (Lipinski definition) is 0. The second-order valence-corrected chi connectivity index (χ2v) is 4.15. The van der Waals surface area contributed by atoms with Crippen LogP contribution in [0.2, 0.25) is 0 Å². The monoisotopic (exact) mass is 190 g/mol. The lowest BCUT2D eigenvalue weighted by Crippen LogP contribution is -2.13. The first-order valence-corrected chi connectivity index (χ1v) is 5.64. The lowest BCUT2D eigenvalue weighted by atomic mass is 9.94. The molecular weight excluding hydrogens is 163 g/mol. The first kappa shape index (κ1) is 15.4. The first-order valence-electron chi connectivity index (χ1n) is 5.64. The summed E-state index contributed by atoms with van der Waals surface area (Å²) >= 11 is 0. The summed E-state index contributed by atoms with van der Waals surface area (Å²) in [6, 6.07) is 0. The smallest absolute Gasteiger partial charge is 0.105 e. The van der Waals surface area contributed by atoms with Crippen molar-refractivity contribution in [1.29, 1.82) is 0 Å². The summed E-state index contributed by atoms with van der Waals surface area (Å²) in [6.07, 6.45) is 4.18. The van der Waals surface area contributed by atoms with Gasteiger partial charge in [-0.05, 0) is 32.6 Å². The molecule has 0 amide bonds. The van der Waals surface area contributed by atoms with Crippen LogP contribution < -0.4 is 0 Å². The third-order valence-electron chi connectivity index (χ3n) is 2.01. The zero-order chi connectivity index (χ0) is 10.9. The Morgan fingerprint density at radius 2 is 1.62 bits per heavy atom. The van der Waals surface area contributed by atoms with Gasteiger partial charge >= 0.3 is 0 Å². The molecule has 0 aromatic carbocycles. The fourth-order valence-electron chi connectivity index (χ4n) is 1.23. The van der Waals surface area contributed by atoms with Crippen molar-refractivity contribution in [3.63, 3.8) is 0 Å². The van der Waals surface area contributed by atoms with Gasteiger partial charge in [-0.3, -0.25) is 0 Å². The molecule has 0 fully saturated rings. The topological polar surface area (TPSA) is 0 Å². The molecule has 1 atom stereocenters. The lowest BCUT2D eigenvalue weighted by molar-refractivity contribution is 0.186. The molecule has 0 aliphatic rings. The van der Waals surface area contributed by atoms with Crippen LogP contribution in [-0.2, 0) is 0 Å². The molecule has 13 heavy (non-hydrogen) atoms. The Balaban J connectivity index is 0. The van der Waals surface area contributed by atoms with Crippen molar-refractivity contribution >= 4 is 0 Å². The van der Waals surface area contributed by atoms with E-state index in [4.69, 9.17) is 0 Å². The second kappa shape index (κ2) is 8.52. The van der Waals surface area contributed by atoms with E-state index in [0.717, 1.165) is 6.42 Å². The highest BCUT2D eigenvalue weighted by atomic mass is 19.1. The van der Waals surface area contributed by atoms with Gasteiger partial charge in [-0.2, -0.15) is 0 Å². The maximum absolute atomic E-state index is 13.0. The first-order chi connectivity index (χ1) is 5.95. The molecule has 0 spiro atoms. The predicted molar refractivity (Wildman–Crippen MR) is 59.8 cm³/mol. The Morgan fingerprint density at radius 1 is 1.15 bits per heavy atom. The molecular formula is C12H27F. The molecule has 0 saturated heterocycles. The van der Waals surface area contributed by atoms with E-state index in [1.165, 1.54) is 12.8 Å². The van der Waals surface area contributed by atoms with Gasteiger partial charge in [0.1, 0.15) is 5.67 Å². The lowest BCUT2D eigenvalue weighted by Gasteiger charge is -2.16. The SMILES string of the molecule is CC.CCCC(C)CCC(C)(C)F. The highest BCUT2D eigenvalue weighted by Crippen LogP contribution is 2.21. The van der Waals surface area contributed by atoms with Gasteiger partial charge in [-0.1, -0.05) is 40.5 Å². The minimum atomic E-state index is -0.970. The zero-order valence-corrected chi connectivity index (χ0v) is 10.3. The maximum atomic E-state index is 13.0. The average Bonchev–Trinajstić information content (AvgIpc) is 2.04. The van der Waals surface area contributed by atoms with E-state index >= 15 is 0 Å². The quantitative estimate of drug-likeness (QED) is 0.573. The van der Waals surface area contributed by atoms with Crippen LogP contribution >= 0.6 is 0 Å². The van der Waals surface area contributed by atoms with E-state index in [9.17, 15) is 4.39 Å². The Hall–Kier alpha value is -0.0700. The molecule has 0 aromatic rings. The number of alkyl halides is 1. The Kier molecular flexibility index (Phi) is 10.1. The predicted octanol–water partition coefficient (Wildman–Crippen LogP) is 4.98. The molecule has 0 bridgehead atoms. The summed E-state index contributed by atoms with van der Waals surface area (Å²) < 4.78 is 13.0. The Morgan fingerprint density at radius 3 is 1.92 bits per heavy atom. The molecule has 0 aliphatic carbocycles. The van der Waals surface area contributed by atoms with Crippen LogP contribution in [0.3, 0.4) is 0 Å². The second-order valence-electron chi connectivity index (χ2n) is 4.15. The van der Waals surface area contributed by atoms with E-state index in [1.54, 1.807) is 13.8 Å². The molecule has 0 heterocycles. The molecule has 0 N–H and O–H groups in total. The van der Waals surface area contributed by atoms with E-state index in [1.807, 2.05) is 13.8 Å². The molecule has 0 aromatic heterocycles. The molecule has 0 aliphatic heterocycles. The molecule has 0 radical (unpaired) electrons. The third-order valence-corrected chi connectivity index (χ3v) is 2.01. The summed E-state index contributed by atoms with van der Waals surface area (Å²) in [7, 11) is 0. The van der Waals surface area contributed by atoms with Gasteiger partial charge in [0.05, 0.1) is 0 Å². The summed E-state index contributed by atoms with van der Waals surface area (Å²) in [5.41, 5.74) is -0.970. The van der Waals surface area contributed by atoms with Crippen LogP contribution in [0.5, 0.6) is 0 Å². The zero-order valence-electron chi connectivity index (χ0n) is 10.3. The number of rotatable bonds is 5. The van der Waals surface area contributed by atoms with Gasteiger partial charge in [0, 0.05) is 0 Å². The number of hydrogen-bond donors (Lipinski definition) is 0. The summed E-state index contributed by atoms with van der Waals surface area (Å²) in [5.74, 6) is 0.690. The van der Waals surface area contributed by atoms with E-state index in [0.29, 0.717) is 12.3 Å². The normalized spacial score (nSPS) is 13.2. The van der Waals surface area contributed by atoms with Crippen LogP contribution in [0, 0.1) is 5.92 Å². The van der Waals surface area contributed by atoms with Crippen LogP contribution in [0.1, 0.15) is 67.2 Å². The van der Waals surface area contributed by atoms with Crippen molar-refractivity contribution in [2.75, 3.05) is 0 Å². The number of halogens is 1. The molecule has 1 heteroatoms. The van der Waals surface area contributed by atoms with E-state index < -0.39 is 5.67 Å². The van der Waals surface area contributed by atoms with Gasteiger partial charge in [0.2, 0.25) is 0 Å². The minimum absolute atomic E-state index is 0.690. The fourth-order valence-corrected chi connectivity index (χ4v) is 1.23. The maximum Gasteiger partial charge on any atom is 0.105 e. The van der Waals surface area contributed by atoms with Crippen molar-refractivity contribution in [2.24, 2.45) is 5.92 Å². The van der Waals surface area contributed by atoms with Gasteiger partial charge in [-0.25, -0.2) is 4.39 Å². The van der Waals surface area contributed by atoms with Crippen molar-refractivity contribution < 1.29 is 4.39 Å². The van der Waals surface area contributed by atoms with Gasteiger partial charge < -0.3 is 0 Å². The van der Waals surface area contributed by atoms with Gasteiger partial charge in [-0.15, -0.1) is 0 Å². The molecule has 0 nitrogen and oxygen atoms in total. The fraction of sp³-hybridized carbons (Fsp3) is 1.00. The molecule has 82 valence electrons. The summed E-state index contributed by atoms with van der Waals surface area (Å²) in [4.78, 5) is 0. The van der Waals surface area contributed by atoms with Crippen LogP contribution in [0.4, 0.5) is 4.39 Å². The Bertz CT molecular complexity index is 91.8. The third kappa shape index (κ3) is 14.8. The van der Waals surface area contributed by atoms with Crippen LogP contribution in [0.15, 0.2) is 0 Å². The standard InChI is InChI=1S/C10H21F.C2H6/c1-5-6-9(2)7-8-10(3,4)11;1-2/h9H,5-8H2,1-4H3;1-2H3. The highest BCUT2D eigenvalue weighted by molar-refractivity contribution is 4.67. The van der Waals surface area contributed by atoms with Crippen molar-refractivity contribution in [1.82, 2.24) is 0 Å². The molecule has 0 saturated carbocycles. The van der Waals surface area contributed by atoms with Crippen molar-refractivity contribution in [2.45, 2.75) is 72.9 Å². The largest absolute Gasteiger partial charge is 0.245 e.